The molecule has 106 valence electrons. The van der Waals surface area contributed by atoms with Crippen LogP contribution in [0.15, 0.2) is 48.8 Å². The Hall–Kier alpha value is -2.69. The van der Waals surface area contributed by atoms with Gasteiger partial charge >= 0.3 is 5.97 Å². The van der Waals surface area contributed by atoms with Gasteiger partial charge in [0.05, 0.1) is 30.4 Å². The van der Waals surface area contributed by atoms with E-state index < -0.39 is 5.97 Å². The molecule has 0 saturated heterocycles. The van der Waals surface area contributed by atoms with Crippen LogP contribution in [-0.4, -0.2) is 22.6 Å². The Bertz CT molecular complexity index is 794. The van der Waals surface area contributed by atoms with Gasteiger partial charge in [0.25, 0.3) is 0 Å². The lowest BCUT2D eigenvalue weighted by molar-refractivity contribution is 0.0600. The fraction of sp³-hybridized carbons (Fsp3) is 0.125. The van der Waals surface area contributed by atoms with Crippen molar-refractivity contribution in [2.45, 2.75) is 6.54 Å². The summed E-state index contributed by atoms with van der Waals surface area (Å²) in [7, 11) is 1.33. The monoisotopic (exact) mass is 284 g/mol. The summed E-state index contributed by atoms with van der Waals surface area (Å²) in [6.07, 6.45) is 3.37. The van der Waals surface area contributed by atoms with Gasteiger partial charge in [0.2, 0.25) is 0 Å². The summed E-state index contributed by atoms with van der Waals surface area (Å²) in [6.45, 7) is 0.508. The van der Waals surface area contributed by atoms with Crippen LogP contribution in [0, 0.1) is 5.82 Å². The molecule has 0 amide bonds. The molecule has 1 aromatic carbocycles. The maximum absolute atomic E-state index is 13.3. The van der Waals surface area contributed by atoms with Gasteiger partial charge in [0, 0.05) is 12.4 Å². The molecule has 0 atom stereocenters. The molecule has 0 aliphatic heterocycles. The van der Waals surface area contributed by atoms with E-state index in [-0.39, 0.29) is 5.82 Å². The van der Waals surface area contributed by atoms with Crippen LogP contribution in [0.25, 0.3) is 10.9 Å². The van der Waals surface area contributed by atoms with Gasteiger partial charge in [-0.05, 0) is 41.8 Å². The zero-order valence-electron chi connectivity index (χ0n) is 11.4. The molecular formula is C16H13FN2O2. The summed E-state index contributed by atoms with van der Waals surface area (Å²) in [5.41, 5.74) is 2.00. The number of nitrogens with zero attached hydrogens (tertiary/aromatic N) is 2. The highest BCUT2D eigenvalue weighted by molar-refractivity contribution is 5.88. The van der Waals surface area contributed by atoms with Gasteiger partial charge in [-0.15, -0.1) is 0 Å². The van der Waals surface area contributed by atoms with E-state index >= 15 is 0 Å². The van der Waals surface area contributed by atoms with Gasteiger partial charge in [0.1, 0.15) is 5.82 Å². The molecule has 3 aromatic rings. The van der Waals surface area contributed by atoms with E-state index in [4.69, 9.17) is 0 Å². The van der Waals surface area contributed by atoms with E-state index in [1.165, 1.54) is 25.4 Å². The van der Waals surface area contributed by atoms with Crippen LogP contribution in [0.3, 0.4) is 0 Å². The Labute approximate surface area is 120 Å². The van der Waals surface area contributed by atoms with Gasteiger partial charge in [-0.2, -0.15) is 0 Å². The van der Waals surface area contributed by atoms with Crippen LogP contribution >= 0.6 is 0 Å². The van der Waals surface area contributed by atoms with Crippen molar-refractivity contribution in [2.75, 3.05) is 7.11 Å². The number of fused-ring (bicyclic) bond motifs is 1. The van der Waals surface area contributed by atoms with E-state index in [1.54, 1.807) is 18.2 Å². The SMILES string of the molecule is COC(=O)c1ccc(Cn2ccc3ccc(F)cc32)nc1. The van der Waals surface area contributed by atoms with Crippen molar-refractivity contribution in [2.24, 2.45) is 0 Å². The Morgan fingerprint density at radius 1 is 1.29 bits per heavy atom. The minimum atomic E-state index is -0.414. The summed E-state index contributed by atoms with van der Waals surface area (Å²) in [6, 6.07) is 10.0. The first kappa shape index (κ1) is 13.3. The number of carbonyl (C=O) groups excluding carboxylic acids is 1. The largest absolute Gasteiger partial charge is 0.465 e. The van der Waals surface area contributed by atoms with E-state index in [9.17, 15) is 9.18 Å². The molecule has 2 heterocycles. The Kier molecular flexibility index (Phi) is 3.39. The van der Waals surface area contributed by atoms with E-state index in [0.717, 1.165) is 16.6 Å². The van der Waals surface area contributed by atoms with Crippen molar-refractivity contribution in [1.82, 2.24) is 9.55 Å². The number of methoxy groups -OCH3 is 1. The number of hydrogen-bond donors (Lipinski definition) is 0. The maximum atomic E-state index is 13.3. The predicted molar refractivity (Wildman–Crippen MR) is 76.6 cm³/mol. The number of benzene rings is 1. The highest BCUT2D eigenvalue weighted by Gasteiger charge is 2.07. The lowest BCUT2D eigenvalue weighted by Crippen LogP contribution is -2.04. The molecule has 4 nitrogen and oxygen atoms in total. The summed E-state index contributed by atoms with van der Waals surface area (Å²) in [4.78, 5) is 15.6. The van der Waals surface area contributed by atoms with E-state index in [1.807, 2.05) is 16.8 Å². The van der Waals surface area contributed by atoms with Crippen molar-refractivity contribution < 1.29 is 13.9 Å². The standard InChI is InChI=1S/C16H13FN2O2/c1-21-16(20)12-3-5-14(18-9-12)10-19-7-6-11-2-4-13(17)8-15(11)19/h2-9H,10H2,1H3. The number of pyridine rings is 1. The second kappa shape index (κ2) is 5.36. The first-order valence-corrected chi connectivity index (χ1v) is 6.45. The molecule has 21 heavy (non-hydrogen) atoms. The predicted octanol–water partition coefficient (Wildman–Crippen LogP) is 3.01. The lowest BCUT2D eigenvalue weighted by Gasteiger charge is -2.06. The summed E-state index contributed by atoms with van der Waals surface area (Å²) in [5, 5.41) is 0.975. The fourth-order valence-electron chi connectivity index (χ4n) is 2.23. The first-order valence-electron chi connectivity index (χ1n) is 6.45. The molecule has 0 aliphatic rings. The average molecular weight is 284 g/mol. The minimum absolute atomic E-state index is 0.267. The number of carbonyl (C=O) groups is 1. The number of esters is 1. The van der Waals surface area contributed by atoms with E-state index in [2.05, 4.69) is 9.72 Å². The molecule has 2 aromatic heterocycles. The first-order chi connectivity index (χ1) is 10.2. The summed E-state index contributed by atoms with van der Waals surface area (Å²) < 4.78 is 19.9. The quantitative estimate of drug-likeness (QED) is 0.694. The van der Waals surface area contributed by atoms with Crippen molar-refractivity contribution in [3.05, 3.63) is 65.9 Å². The molecular weight excluding hydrogens is 271 g/mol. The molecule has 0 N–H and O–H groups in total. The molecule has 0 radical (unpaired) electrons. The van der Waals surface area contributed by atoms with Crippen LogP contribution in [0.2, 0.25) is 0 Å². The number of halogens is 1. The molecule has 0 unspecified atom stereocenters. The second-order valence-electron chi connectivity index (χ2n) is 4.68. The van der Waals surface area contributed by atoms with Crippen molar-refractivity contribution >= 4 is 16.9 Å². The van der Waals surface area contributed by atoms with E-state index in [0.29, 0.717) is 12.1 Å². The molecule has 0 bridgehead atoms. The van der Waals surface area contributed by atoms with Gasteiger partial charge in [-0.1, -0.05) is 0 Å². The third-order valence-corrected chi connectivity index (χ3v) is 3.31. The van der Waals surface area contributed by atoms with Gasteiger partial charge in [-0.25, -0.2) is 9.18 Å². The Morgan fingerprint density at radius 2 is 2.14 bits per heavy atom. The second-order valence-corrected chi connectivity index (χ2v) is 4.68. The Morgan fingerprint density at radius 3 is 2.86 bits per heavy atom. The van der Waals surface area contributed by atoms with Crippen LogP contribution in [0.4, 0.5) is 4.39 Å². The van der Waals surface area contributed by atoms with Crippen LogP contribution in [-0.2, 0) is 11.3 Å². The third-order valence-electron chi connectivity index (χ3n) is 3.31. The third kappa shape index (κ3) is 2.63. The zero-order valence-corrected chi connectivity index (χ0v) is 11.4. The molecule has 5 heteroatoms. The molecule has 0 spiro atoms. The van der Waals surface area contributed by atoms with Crippen LogP contribution < -0.4 is 0 Å². The average Bonchev–Trinajstić information content (AvgIpc) is 2.89. The number of aromatic nitrogens is 2. The smallest absolute Gasteiger partial charge is 0.339 e. The molecule has 3 rings (SSSR count). The normalized spacial score (nSPS) is 10.8. The molecule has 0 fully saturated rings. The number of rotatable bonds is 3. The van der Waals surface area contributed by atoms with Gasteiger partial charge in [-0.3, -0.25) is 4.98 Å². The number of hydrogen-bond acceptors (Lipinski definition) is 3. The van der Waals surface area contributed by atoms with Gasteiger partial charge in [0.15, 0.2) is 0 Å². The number of ether oxygens (including phenoxy) is 1. The van der Waals surface area contributed by atoms with Crippen LogP contribution in [0.5, 0.6) is 0 Å². The minimum Gasteiger partial charge on any atom is -0.465 e. The lowest BCUT2D eigenvalue weighted by atomic mass is 10.2. The van der Waals surface area contributed by atoms with Crippen molar-refractivity contribution in [1.29, 1.82) is 0 Å². The summed E-state index contributed by atoms with van der Waals surface area (Å²) in [5.74, 6) is -0.681. The summed E-state index contributed by atoms with van der Waals surface area (Å²) >= 11 is 0. The van der Waals surface area contributed by atoms with Crippen molar-refractivity contribution in [3.63, 3.8) is 0 Å². The Balaban J connectivity index is 1.88. The zero-order chi connectivity index (χ0) is 14.8. The maximum Gasteiger partial charge on any atom is 0.339 e. The fourth-order valence-corrected chi connectivity index (χ4v) is 2.23. The topological polar surface area (TPSA) is 44.1 Å². The molecule has 0 saturated carbocycles. The van der Waals surface area contributed by atoms with Gasteiger partial charge < -0.3 is 9.30 Å². The van der Waals surface area contributed by atoms with Crippen LogP contribution in [0.1, 0.15) is 16.1 Å². The highest BCUT2D eigenvalue weighted by Crippen LogP contribution is 2.18. The molecule has 0 aliphatic carbocycles. The highest BCUT2D eigenvalue weighted by atomic mass is 19.1. The van der Waals surface area contributed by atoms with Crippen molar-refractivity contribution in [3.8, 4) is 0 Å².